The van der Waals surface area contributed by atoms with Gasteiger partial charge in [0, 0.05) is 19.3 Å². The minimum atomic E-state index is -0.286. The molecule has 24 heavy (non-hydrogen) atoms. The zero-order valence-electron chi connectivity index (χ0n) is 15.0. The predicted molar refractivity (Wildman–Crippen MR) is 101 cm³/mol. The van der Waals surface area contributed by atoms with E-state index < -0.39 is 0 Å². The van der Waals surface area contributed by atoms with Gasteiger partial charge in [0.25, 0.3) is 0 Å². The highest BCUT2D eigenvalue weighted by molar-refractivity contribution is 7.84. The number of urea groups is 1. The van der Waals surface area contributed by atoms with Crippen molar-refractivity contribution >= 4 is 18.7 Å². The maximum absolute atomic E-state index is 12.9. The third-order valence-electron chi connectivity index (χ3n) is 4.81. The van der Waals surface area contributed by atoms with Crippen LogP contribution in [0, 0.1) is 5.92 Å². The first kappa shape index (κ1) is 18.9. The van der Waals surface area contributed by atoms with Crippen molar-refractivity contribution < 1.29 is 9.53 Å². The van der Waals surface area contributed by atoms with E-state index in [9.17, 15) is 4.79 Å². The van der Waals surface area contributed by atoms with Gasteiger partial charge in [-0.3, -0.25) is 0 Å². The molecule has 134 valence electrons. The number of amides is 2. The van der Waals surface area contributed by atoms with Crippen LogP contribution >= 0.6 is 12.6 Å². The van der Waals surface area contributed by atoms with E-state index in [1.807, 2.05) is 11.9 Å². The molecule has 2 aliphatic heterocycles. The Hall–Kier alpha value is -1.40. The van der Waals surface area contributed by atoms with Gasteiger partial charge >= 0.3 is 6.03 Å². The Bertz CT molecular complexity index is 540. The molecular weight excluding hydrogens is 322 g/mol. The summed E-state index contributed by atoms with van der Waals surface area (Å²) in [6.45, 7) is 19.0. The van der Waals surface area contributed by atoms with E-state index in [0.29, 0.717) is 24.6 Å². The van der Waals surface area contributed by atoms with Crippen molar-refractivity contribution in [2.45, 2.75) is 25.5 Å². The van der Waals surface area contributed by atoms with Crippen LogP contribution in [-0.4, -0.2) is 72.2 Å². The summed E-state index contributed by atoms with van der Waals surface area (Å²) in [4.78, 5) is 19.4. The van der Waals surface area contributed by atoms with E-state index in [2.05, 4.69) is 51.1 Å². The van der Waals surface area contributed by atoms with Crippen molar-refractivity contribution in [3.8, 4) is 0 Å². The number of thiol groups is 1. The molecule has 0 N–H and O–H groups in total. The van der Waals surface area contributed by atoms with Gasteiger partial charge < -0.3 is 19.4 Å². The summed E-state index contributed by atoms with van der Waals surface area (Å²) in [6, 6.07) is -0.0781. The van der Waals surface area contributed by atoms with Crippen molar-refractivity contribution in [1.29, 1.82) is 0 Å². The third kappa shape index (κ3) is 3.64. The second-order valence-corrected chi connectivity index (χ2v) is 7.65. The molecule has 2 saturated heterocycles. The van der Waals surface area contributed by atoms with Crippen LogP contribution in [0.4, 0.5) is 4.79 Å². The summed E-state index contributed by atoms with van der Waals surface area (Å²) in [6.07, 6.45) is 1.75. The van der Waals surface area contributed by atoms with Gasteiger partial charge in [-0.05, 0) is 16.9 Å². The Morgan fingerprint density at radius 3 is 2.38 bits per heavy atom. The number of carbonyl (C=O) groups excluding carboxylic acids is 1. The van der Waals surface area contributed by atoms with Crippen LogP contribution in [0.1, 0.15) is 13.8 Å². The predicted octanol–water partition coefficient (Wildman–Crippen LogP) is 2.59. The Labute approximate surface area is 151 Å². The number of carbonyl (C=O) groups is 1. The third-order valence-corrected chi connectivity index (χ3v) is 5.08. The maximum Gasteiger partial charge on any atom is 0.320 e. The first-order valence-corrected chi connectivity index (χ1v) is 8.75. The number of hydrogen-bond donors (Lipinski definition) is 1. The van der Waals surface area contributed by atoms with Gasteiger partial charge in [-0.2, -0.15) is 0 Å². The highest BCUT2D eigenvalue weighted by atomic mass is 32.1. The largest absolute Gasteiger partial charge is 0.368 e. The molecule has 2 rings (SSSR count). The van der Waals surface area contributed by atoms with Gasteiger partial charge in [0.1, 0.15) is 5.60 Å². The number of allylic oxidation sites excluding steroid dienone is 1. The minimum absolute atomic E-state index is 0.00701. The van der Waals surface area contributed by atoms with Crippen molar-refractivity contribution in [2.24, 2.45) is 5.92 Å². The topological polar surface area (TPSA) is 36.0 Å². The highest BCUT2D eigenvalue weighted by Gasteiger charge is 2.48. The lowest BCUT2D eigenvalue weighted by atomic mass is 9.91. The molecule has 0 aliphatic carbocycles. The highest BCUT2D eigenvalue weighted by Crippen LogP contribution is 2.32. The second-order valence-electron chi connectivity index (χ2n) is 7.08. The molecule has 0 saturated carbocycles. The lowest BCUT2D eigenvalue weighted by molar-refractivity contribution is -0.167. The monoisotopic (exact) mass is 351 g/mol. The lowest BCUT2D eigenvalue weighted by Crippen LogP contribution is -2.70. The molecule has 2 amide bonds. The molecule has 0 radical (unpaired) electrons. The molecule has 0 bridgehead atoms. The number of ether oxygens (including phenoxy) is 1. The molecule has 1 atom stereocenters. The first-order chi connectivity index (χ1) is 11.2. The molecule has 0 aromatic heterocycles. The van der Waals surface area contributed by atoms with E-state index in [-0.39, 0.29) is 23.6 Å². The zero-order valence-corrected chi connectivity index (χ0v) is 15.9. The van der Waals surface area contributed by atoms with Crippen LogP contribution in [0.3, 0.4) is 0 Å². The van der Waals surface area contributed by atoms with Gasteiger partial charge in [-0.25, -0.2) is 4.79 Å². The maximum atomic E-state index is 12.9. The number of likely N-dealkylation sites (tertiary alicyclic amines) is 1. The first-order valence-electron chi connectivity index (χ1n) is 8.30. The molecule has 5 nitrogen and oxygen atoms in total. The van der Waals surface area contributed by atoms with Crippen LogP contribution in [-0.2, 0) is 4.74 Å². The molecule has 2 aliphatic rings. The standard InChI is InChI=1S/C18H29N3O2S/c1-7-14(4)21-11-18(12-21)10-20(8-9-23-18)17(22)19(6)16(13(2)3)15(5)24/h7,13,16,24H,1,4-5,8-12H2,2-3,6H3. The summed E-state index contributed by atoms with van der Waals surface area (Å²) in [5.41, 5.74) is 0.613. The average molecular weight is 352 g/mol. The van der Waals surface area contributed by atoms with Crippen LogP contribution < -0.4 is 0 Å². The van der Waals surface area contributed by atoms with Crippen LogP contribution in [0.25, 0.3) is 0 Å². The number of morpholine rings is 1. The summed E-state index contributed by atoms with van der Waals surface area (Å²) in [5.74, 6) is 0.258. The summed E-state index contributed by atoms with van der Waals surface area (Å²) < 4.78 is 5.98. The minimum Gasteiger partial charge on any atom is -0.368 e. The molecule has 6 heteroatoms. The van der Waals surface area contributed by atoms with Crippen molar-refractivity contribution in [1.82, 2.24) is 14.7 Å². The molecular formula is C18H29N3O2S. The summed E-state index contributed by atoms with van der Waals surface area (Å²) in [7, 11) is 1.82. The van der Waals surface area contributed by atoms with Gasteiger partial charge in [-0.1, -0.05) is 33.6 Å². The van der Waals surface area contributed by atoms with Crippen molar-refractivity contribution in [2.75, 3.05) is 39.8 Å². The quantitative estimate of drug-likeness (QED) is 0.611. The van der Waals surface area contributed by atoms with E-state index >= 15 is 0 Å². The molecule has 0 aromatic carbocycles. The Balaban J connectivity index is 2.02. The van der Waals surface area contributed by atoms with Crippen molar-refractivity contribution in [3.05, 3.63) is 36.4 Å². The van der Waals surface area contributed by atoms with Gasteiger partial charge in [0.2, 0.25) is 0 Å². The van der Waals surface area contributed by atoms with E-state index in [1.165, 1.54) is 0 Å². The lowest BCUT2D eigenvalue weighted by Gasteiger charge is -2.55. The Kier molecular flexibility index (Phi) is 5.71. The number of hydrogen-bond acceptors (Lipinski definition) is 4. The zero-order chi connectivity index (χ0) is 18.1. The average Bonchev–Trinajstić information content (AvgIpc) is 2.50. The van der Waals surface area contributed by atoms with Gasteiger partial charge in [0.05, 0.1) is 32.3 Å². The Morgan fingerprint density at radius 1 is 1.29 bits per heavy atom. The number of likely N-dealkylation sites (N-methyl/N-ethyl adjacent to an activating group) is 1. The van der Waals surface area contributed by atoms with Crippen LogP contribution in [0.15, 0.2) is 36.4 Å². The van der Waals surface area contributed by atoms with Gasteiger partial charge in [-0.15, -0.1) is 12.6 Å². The molecule has 1 unspecified atom stereocenters. The smallest absolute Gasteiger partial charge is 0.320 e. The van der Waals surface area contributed by atoms with E-state index in [0.717, 1.165) is 18.8 Å². The fourth-order valence-electron chi connectivity index (χ4n) is 3.58. The van der Waals surface area contributed by atoms with E-state index in [4.69, 9.17) is 4.74 Å². The summed E-state index contributed by atoms with van der Waals surface area (Å²) in [5, 5.41) is 0. The Morgan fingerprint density at radius 2 is 1.88 bits per heavy atom. The fraction of sp³-hybridized carbons (Fsp3) is 0.611. The molecule has 0 aromatic rings. The van der Waals surface area contributed by atoms with Crippen LogP contribution in [0.5, 0.6) is 0 Å². The fourth-order valence-corrected chi connectivity index (χ4v) is 4.05. The molecule has 2 heterocycles. The molecule has 1 spiro atoms. The van der Waals surface area contributed by atoms with Gasteiger partial charge in [0.15, 0.2) is 0 Å². The second kappa shape index (κ2) is 7.23. The van der Waals surface area contributed by atoms with E-state index in [1.54, 1.807) is 11.0 Å². The van der Waals surface area contributed by atoms with Crippen LogP contribution in [0.2, 0.25) is 0 Å². The van der Waals surface area contributed by atoms with Crippen molar-refractivity contribution in [3.63, 3.8) is 0 Å². The molecule has 2 fully saturated rings. The summed E-state index contributed by atoms with van der Waals surface area (Å²) >= 11 is 4.38. The number of nitrogens with zero attached hydrogens (tertiary/aromatic N) is 3. The normalized spacial score (nSPS) is 20.5. The SMILES string of the molecule is C=CC(=C)N1CC2(C1)CN(C(=O)N(C)C(C(=C)S)C(C)C)CCO2. The number of rotatable bonds is 5.